The van der Waals surface area contributed by atoms with Crippen molar-refractivity contribution in [3.05, 3.63) is 18.0 Å². The second kappa shape index (κ2) is 5.31. The van der Waals surface area contributed by atoms with Gasteiger partial charge in [0.2, 0.25) is 5.91 Å². The molecule has 0 saturated carbocycles. The van der Waals surface area contributed by atoms with Crippen LogP contribution in [0.4, 0.5) is 0 Å². The standard InChI is InChI=1S/C12H20N4O/c1-3-15-6-8-16(9-7-15)12(17)10-11-4-5-14(2)13-11/h4-5H,3,6-10H2,1-2H3. The second-order valence-corrected chi connectivity index (χ2v) is 4.47. The maximum atomic E-state index is 12.0. The Morgan fingerprint density at radius 2 is 2.06 bits per heavy atom. The first-order valence-corrected chi connectivity index (χ1v) is 6.17. The first kappa shape index (κ1) is 12.1. The minimum absolute atomic E-state index is 0.194. The molecule has 5 heteroatoms. The number of aryl methyl sites for hydroxylation is 1. The van der Waals surface area contributed by atoms with Crippen LogP contribution in [0.1, 0.15) is 12.6 Å². The summed E-state index contributed by atoms with van der Waals surface area (Å²) in [4.78, 5) is 16.3. The van der Waals surface area contributed by atoms with Crippen LogP contribution in [0.3, 0.4) is 0 Å². The zero-order valence-electron chi connectivity index (χ0n) is 10.6. The van der Waals surface area contributed by atoms with E-state index < -0.39 is 0 Å². The van der Waals surface area contributed by atoms with Crippen LogP contribution in [0.5, 0.6) is 0 Å². The van der Waals surface area contributed by atoms with Gasteiger partial charge in [-0.05, 0) is 12.6 Å². The van der Waals surface area contributed by atoms with E-state index >= 15 is 0 Å². The van der Waals surface area contributed by atoms with Gasteiger partial charge in [0.25, 0.3) is 0 Å². The predicted molar refractivity (Wildman–Crippen MR) is 65.6 cm³/mol. The number of rotatable bonds is 3. The molecule has 2 rings (SSSR count). The number of likely N-dealkylation sites (N-methyl/N-ethyl adjacent to an activating group) is 1. The Bertz CT molecular complexity index is 380. The number of hydrogen-bond donors (Lipinski definition) is 0. The summed E-state index contributed by atoms with van der Waals surface area (Å²) in [7, 11) is 1.87. The minimum atomic E-state index is 0.194. The molecule has 17 heavy (non-hydrogen) atoms. The van der Waals surface area contributed by atoms with Crippen LogP contribution in [0.25, 0.3) is 0 Å². The van der Waals surface area contributed by atoms with Gasteiger partial charge in [0.1, 0.15) is 0 Å². The largest absolute Gasteiger partial charge is 0.340 e. The quantitative estimate of drug-likeness (QED) is 0.749. The zero-order chi connectivity index (χ0) is 12.3. The van der Waals surface area contributed by atoms with E-state index in [0.29, 0.717) is 6.42 Å². The number of aromatic nitrogens is 2. The van der Waals surface area contributed by atoms with E-state index in [1.54, 1.807) is 4.68 Å². The number of carbonyl (C=O) groups is 1. The molecule has 5 nitrogen and oxygen atoms in total. The summed E-state index contributed by atoms with van der Waals surface area (Å²) < 4.78 is 1.73. The molecule has 0 bridgehead atoms. The van der Waals surface area contributed by atoms with Crippen molar-refractivity contribution in [2.45, 2.75) is 13.3 Å². The number of hydrogen-bond acceptors (Lipinski definition) is 3. The lowest BCUT2D eigenvalue weighted by Gasteiger charge is -2.34. The molecule has 1 aliphatic rings. The highest BCUT2D eigenvalue weighted by atomic mass is 16.2. The summed E-state index contributed by atoms with van der Waals surface area (Å²) in [6.07, 6.45) is 2.30. The van der Waals surface area contributed by atoms with Crippen LogP contribution in [0.15, 0.2) is 12.3 Å². The van der Waals surface area contributed by atoms with Gasteiger partial charge in [-0.25, -0.2) is 0 Å². The Balaban J connectivity index is 1.85. The molecule has 1 fully saturated rings. The number of nitrogens with zero attached hydrogens (tertiary/aromatic N) is 4. The summed E-state index contributed by atoms with van der Waals surface area (Å²) in [5.41, 5.74) is 0.857. The third-order valence-electron chi connectivity index (χ3n) is 3.27. The van der Waals surface area contributed by atoms with Crippen LogP contribution < -0.4 is 0 Å². The van der Waals surface area contributed by atoms with Gasteiger partial charge in [-0.1, -0.05) is 6.92 Å². The van der Waals surface area contributed by atoms with Gasteiger partial charge in [-0.15, -0.1) is 0 Å². The van der Waals surface area contributed by atoms with Crippen LogP contribution in [-0.4, -0.2) is 58.2 Å². The van der Waals surface area contributed by atoms with E-state index in [0.717, 1.165) is 38.4 Å². The van der Waals surface area contributed by atoms with Gasteiger partial charge in [0, 0.05) is 39.4 Å². The molecule has 1 aromatic heterocycles. The normalized spacial score (nSPS) is 17.4. The second-order valence-electron chi connectivity index (χ2n) is 4.47. The van der Waals surface area contributed by atoms with Gasteiger partial charge < -0.3 is 9.80 Å². The van der Waals surface area contributed by atoms with E-state index in [1.165, 1.54) is 0 Å². The lowest BCUT2D eigenvalue weighted by molar-refractivity contribution is -0.132. The molecular formula is C12H20N4O. The zero-order valence-corrected chi connectivity index (χ0v) is 10.6. The highest BCUT2D eigenvalue weighted by Crippen LogP contribution is 2.05. The molecule has 0 atom stereocenters. The molecular weight excluding hydrogens is 216 g/mol. The number of amides is 1. The van der Waals surface area contributed by atoms with Crippen molar-refractivity contribution in [1.29, 1.82) is 0 Å². The fourth-order valence-corrected chi connectivity index (χ4v) is 2.14. The fraction of sp³-hybridized carbons (Fsp3) is 0.667. The lowest BCUT2D eigenvalue weighted by Crippen LogP contribution is -2.48. The van der Waals surface area contributed by atoms with Crippen molar-refractivity contribution in [1.82, 2.24) is 19.6 Å². The molecule has 0 N–H and O–H groups in total. The van der Waals surface area contributed by atoms with Crippen LogP contribution in [0.2, 0.25) is 0 Å². The monoisotopic (exact) mass is 236 g/mol. The summed E-state index contributed by atoms with van der Waals surface area (Å²) in [6, 6.07) is 1.90. The molecule has 1 amide bonds. The minimum Gasteiger partial charge on any atom is -0.340 e. The van der Waals surface area contributed by atoms with Crippen LogP contribution in [0, 0.1) is 0 Å². The highest BCUT2D eigenvalue weighted by molar-refractivity contribution is 5.78. The summed E-state index contributed by atoms with van der Waals surface area (Å²) >= 11 is 0. The summed E-state index contributed by atoms with van der Waals surface area (Å²) in [5.74, 6) is 0.194. The highest BCUT2D eigenvalue weighted by Gasteiger charge is 2.20. The van der Waals surface area contributed by atoms with E-state index in [4.69, 9.17) is 0 Å². The Morgan fingerprint density at radius 3 is 2.59 bits per heavy atom. The van der Waals surface area contributed by atoms with Gasteiger partial charge in [0.05, 0.1) is 12.1 Å². The Hall–Kier alpha value is -1.36. The van der Waals surface area contributed by atoms with Gasteiger partial charge >= 0.3 is 0 Å². The molecule has 1 saturated heterocycles. The van der Waals surface area contributed by atoms with E-state index in [1.807, 2.05) is 24.2 Å². The smallest absolute Gasteiger partial charge is 0.228 e. The average Bonchev–Trinajstić information content (AvgIpc) is 2.75. The van der Waals surface area contributed by atoms with Crippen LogP contribution in [-0.2, 0) is 18.3 Å². The summed E-state index contributed by atoms with van der Waals surface area (Å²) in [6.45, 7) is 6.90. The fourth-order valence-electron chi connectivity index (χ4n) is 2.14. The van der Waals surface area contributed by atoms with E-state index in [9.17, 15) is 4.79 Å². The van der Waals surface area contributed by atoms with Crippen molar-refractivity contribution < 1.29 is 4.79 Å². The molecule has 0 aromatic carbocycles. The Morgan fingerprint density at radius 1 is 1.35 bits per heavy atom. The predicted octanol–water partition coefficient (Wildman–Crippen LogP) is 0.127. The van der Waals surface area contributed by atoms with Crippen molar-refractivity contribution >= 4 is 5.91 Å². The molecule has 0 aliphatic carbocycles. The number of piperazine rings is 1. The van der Waals surface area contributed by atoms with Crippen LogP contribution >= 0.6 is 0 Å². The maximum Gasteiger partial charge on any atom is 0.228 e. The van der Waals surface area contributed by atoms with Crippen molar-refractivity contribution in [2.24, 2.45) is 7.05 Å². The third kappa shape index (κ3) is 3.06. The first-order chi connectivity index (χ1) is 8.19. The van der Waals surface area contributed by atoms with Gasteiger partial charge in [-0.2, -0.15) is 5.10 Å². The first-order valence-electron chi connectivity index (χ1n) is 6.17. The topological polar surface area (TPSA) is 41.4 Å². The van der Waals surface area contributed by atoms with Gasteiger partial charge in [0.15, 0.2) is 0 Å². The van der Waals surface area contributed by atoms with Gasteiger partial charge in [-0.3, -0.25) is 9.48 Å². The maximum absolute atomic E-state index is 12.0. The SMILES string of the molecule is CCN1CCN(C(=O)Cc2ccn(C)n2)CC1. The molecule has 1 aliphatic heterocycles. The molecule has 0 radical (unpaired) electrons. The molecule has 0 unspecified atom stereocenters. The third-order valence-corrected chi connectivity index (χ3v) is 3.27. The summed E-state index contributed by atoms with van der Waals surface area (Å²) in [5, 5.41) is 4.24. The molecule has 1 aromatic rings. The molecule has 2 heterocycles. The Kier molecular flexibility index (Phi) is 3.78. The van der Waals surface area contributed by atoms with E-state index in [-0.39, 0.29) is 5.91 Å². The number of carbonyl (C=O) groups excluding carboxylic acids is 1. The molecule has 0 spiro atoms. The Labute approximate surface area is 102 Å². The van der Waals surface area contributed by atoms with Crippen molar-refractivity contribution in [2.75, 3.05) is 32.7 Å². The molecule has 94 valence electrons. The average molecular weight is 236 g/mol. The van der Waals surface area contributed by atoms with E-state index in [2.05, 4.69) is 16.9 Å². The van der Waals surface area contributed by atoms with Crippen molar-refractivity contribution in [3.63, 3.8) is 0 Å². The lowest BCUT2D eigenvalue weighted by atomic mass is 10.2. The van der Waals surface area contributed by atoms with Crippen molar-refractivity contribution in [3.8, 4) is 0 Å².